The molecule has 18 heavy (non-hydrogen) atoms. The average molecular weight is 251 g/mol. The topological polar surface area (TPSA) is 29.9 Å². The Morgan fingerprint density at radius 1 is 1.28 bits per heavy atom. The smallest absolute Gasteiger partial charge is 0.0596 e. The number of hydrogen-bond acceptors (Lipinski definition) is 2. The minimum absolute atomic E-state index is 0.205. The van der Waals surface area contributed by atoms with Gasteiger partial charge in [-0.1, -0.05) is 13.8 Å². The van der Waals surface area contributed by atoms with Crippen LogP contribution < -0.4 is 5.32 Å². The molecule has 0 saturated heterocycles. The Hall–Kier alpha value is -0.830. The molecule has 0 aromatic carbocycles. The lowest BCUT2D eigenvalue weighted by Crippen LogP contribution is -2.40. The van der Waals surface area contributed by atoms with E-state index in [2.05, 4.69) is 58.0 Å². The van der Waals surface area contributed by atoms with Gasteiger partial charge in [0.1, 0.15) is 0 Å². The van der Waals surface area contributed by atoms with Crippen LogP contribution in [0.15, 0.2) is 6.07 Å². The van der Waals surface area contributed by atoms with Gasteiger partial charge in [0.2, 0.25) is 0 Å². The summed E-state index contributed by atoms with van der Waals surface area (Å²) in [4.78, 5) is 0. The van der Waals surface area contributed by atoms with Crippen molar-refractivity contribution in [3.8, 4) is 0 Å². The van der Waals surface area contributed by atoms with E-state index in [0.717, 1.165) is 18.7 Å². The molecule has 0 bridgehead atoms. The van der Waals surface area contributed by atoms with E-state index in [1.807, 2.05) is 11.7 Å². The van der Waals surface area contributed by atoms with Gasteiger partial charge in [-0.3, -0.25) is 4.68 Å². The number of hydrogen-bond donors (Lipinski definition) is 1. The molecular weight excluding hydrogens is 222 g/mol. The molecule has 0 aliphatic rings. The summed E-state index contributed by atoms with van der Waals surface area (Å²) in [5.74, 6) is 1.33. The Morgan fingerprint density at radius 3 is 2.33 bits per heavy atom. The highest BCUT2D eigenvalue weighted by Crippen LogP contribution is 2.17. The van der Waals surface area contributed by atoms with Crippen LogP contribution in [0.25, 0.3) is 0 Å². The number of rotatable bonds is 5. The van der Waals surface area contributed by atoms with E-state index in [-0.39, 0.29) is 5.54 Å². The van der Waals surface area contributed by atoms with Crippen molar-refractivity contribution < 1.29 is 0 Å². The van der Waals surface area contributed by atoms with E-state index in [1.54, 1.807) is 0 Å². The Kier molecular flexibility index (Phi) is 4.97. The van der Waals surface area contributed by atoms with Crippen molar-refractivity contribution in [2.45, 2.75) is 53.5 Å². The fraction of sp³-hybridized carbons (Fsp3) is 0.800. The van der Waals surface area contributed by atoms with E-state index in [4.69, 9.17) is 0 Å². The standard InChI is InChI=1S/C15H29N3/c1-11(12(2)10-16-15(4,5)6)8-14-9-13(3)17-18(14)7/h9,11-12,16H,8,10H2,1-7H3. The van der Waals surface area contributed by atoms with Crippen LogP contribution in [0, 0.1) is 18.8 Å². The van der Waals surface area contributed by atoms with Crippen LogP contribution in [0.4, 0.5) is 0 Å². The van der Waals surface area contributed by atoms with Crippen molar-refractivity contribution in [3.05, 3.63) is 17.5 Å². The summed E-state index contributed by atoms with van der Waals surface area (Å²) in [6, 6.07) is 2.19. The molecule has 0 aliphatic heterocycles. The zero-order valence-electron chi connectivity index (χ0n) is 13.0. The molecule has 1 rings (SSSR count). The maximum atomic E-state index is 4.41. The zero-order chi connectivity index (χ0) is 13.9. The number of aromatic nitrogens is 2. The fourth-order valence-corrected chi connectivity index (χ4v) is 2.05. The molecule has 1 N–H and O–H groups in total. The molecule has 0 spiro atoms. The van der Waals surface area contributed by atoms with Gasteiger partial charge >= 0.3 is 0 Å². The third-order valence-corrected chi connectivity index (χ3v) is 3.56. The fourth-order valence-electron chi connectivity index (χ4n) is 2.05. The Morgan fingerprint density at radius 2 is 1.89 bits per heavy atom. The summed E-state index contributed by atoms with van der Waals surface area (Å²) >= 11 is 0. The first kappa shape index (κ1) is 15.2. The minimum atomic E-state index is 0.205. The molecule has 3 heteroatoms. The number of aryl methyl sites for hydroxylation is 2. The molecule has 2 unspecified atom stereocenters. The molecular formula is C15H29N3. The third-order valence-electron chi connectivity index (χ3n) is 3.56. The second-order valence-corrected chi connectivity index (χ2v) is 6.69. The van der Waals surface area contributed by atoms with Gasteiger partial charge in [0.05, 0.1) is 5.69 Å². The first-order valence-electron chi connectivity index (χ1n) is 6.93. The van der Waals surface area contributed by atoms with Crippen LogP contribution in [0.3, 0.4) is 0 Å². The van der Waals surface area contributed by atoms with Crippen molar-refractivity contribution in [2.24, 2.45) is 18.9 Å². The molecule has 0 saturated carbocycles. The predicted molar refractivity (Wildman–Crippen MR) is 77.7 cm³/mol. The van der Waals surface area contributed by atoms with Gasteiger partial charge < -0.3 is 5.32 Å². The first-order valence-corrected chi connectivity index (χ1v) is 6.93. The third kappa shape index (κ3) is 4.81. The van der Waals surface area contributed by atoms with Gasteiger partial charge in [0.15, 0.2) is 0 Å². The summed E-state index contributed by atoms with van der Waals surface area (Å²) in [5.41, 5.74) is 2.65. The number of nitrogens with zero attached hydrogens (tertiary/aromatic N) is 2. The minimum Gasteiger partial charge on any atom is -0.312 e. The molecule has 0 fully saturated rings. The molecule has 104 valence electrons. The lowest BCUT2D eigenvalue weighted by Gasteiger charge is -2.26. The van der Waals surface area contributed by atoms with Crippen molar-refractivity contribution in [1.82, 2.24) is 15.1 Å². The van der Waals surface area contributed by atoms with Gasteiger partial charge in [-0.2, -0.15) is 5.10 Å². The lowest BCUT2D eigenvalue weighted by atomic mass is 9.90. The van der Waals surface area contributed by atoms with Crippen molar-refractivity contribution in [3.63, 3.8) is 0 Å². The maximum absolute atomic E-state index is 4.41. The maximum Gasteiger partial charge on any atom is 0.0596 e. The highest BCUT2D eigenvalue weighted by Gasteiger charge is 2.17. The molecule has 2 atom stereocenters. The molecule has 1 aromatic heterocycles. The van der Waals surface area contributed by atoms with E-state index in [9.17, 15) is 0 Å². The van der Waals surface area contributed by atoms with Crippen LogP contribution in [-0.4, -0.2) is 21.9 Å². The number of nitrogens with one attached hydrogen (secondary N) is 1. The normalized spacial score (nSPS) is 15.7. The predicted octanol–water partition coefficient (Wildman–Crippen LogP) is 2.93. The Labute approximate surface area is 112 Å². The highest BCUT2D eigenvalue weighted by molar-refractivity contribution is 5.09. The Balaban J connectivity index is 2.49. The van der Waals surface area contributed by atoms with Crippen molar-refractivity contribution in [2.75, 3.05) is 6.54 Å². The summed E-state index contributed by atoms with van der Waals surface area (Å²) in [5, 5.41) is 8.00. The molecule has 0 amide bonds. The largest absolute Gasteiger partial charge is 0.312 e. The van der Waals surface area contributed by atoms with Crippen LogP contribution in [0.5, 0.6) is 0 Å². The molecule has 0 aliphatic carbocycles. The summed E-state index contributed by atoms with van der Waals surface area (Å²) in [6.07, 6.45) is 1.10. The SMILES string of the molecule is Cc1cc(CC(C)C(C)CNC(C)(C)C)n(C)n1. The quantitative estimate of drug-likeness (QED) is 0.872. The van der Waals surface area contributed by atoms with Crippen LogP contribution in [0.1, 0.15) is 46.0 Å². The van der Waals surface area contributed by atoms with Crippen molar-refractivity contribution >= 4 is 0 Å². The molecule has 0 radical (unpaired) electrons. The average Bonchev–Trinajstić information content (AvgIpc) is 2.52. The van der Waals surface area contributed by atoms with Gasteiger partial charge in [-0.15, -0.1) is 0 Å². The molecule has 3 nitrogen and oxygen atoms in total. The molecule has 1 aromatic rings. The zero-order valence-corrected chi connectivity index (χ0v) is 13.0. The van der Waals surface area contributed by atoms with Gasteiger partial charge in [-0.25, -0.2) is 0 Å². The van der Waals surface area contributed by atoms with E-state index >= 15 is 0 Å². The van der Waals surface area contributed by atoms with Gasteiger partial charge in [-0.05, 0) is 58.6 Å². The van der Waals surface area contributed by atoms with Crippen LogP contribution in [0.2, 0.25) is 0 Å². The van der Waals surface area contributed by atoms with E-state index in [1.165, 1.54) is 5.69 Å². The van der Waals surface area contributed by atoms with Crippen LogP contribution >= 0.6 is 0 Å². The highest BCUT2D eigenvalue weighted by atomic mass is 15.3. The lowest BCUT2D eigenvalue weighted by molar-refractivity contribution is 0.314. The summed E-state index contributed by atoms with van der Waals surface area (Å²) in [6.45, 7) is 14.4. The monoisotopic (exact) mass is 251 g/mol. The summed E-state index contributed by atoms with van der Waals surface area (Å²) in [7, 11) is 2.03. The first-order chi connectivity index (χ1) is 8.19. The van der Waals surface area contributed by atoms with Gasteiger partial charge in [0, 0.05) is 18.3 Å². The second kappa shape index (κ2) is 5.87. The van der Waals surface area contributed by atoms with Crippen molar-refractivity contribution in [1.29, 1.82) is 0 Å². The van der Waals surface area contributed by atoms with Gasteiger partial charge in [0.25, 0.3) is 0 Å². The summed E-state index contributed by atoms with van der Waals surface area (Å²) < 4.78 is 2.01. The van der Waals surface area contributed by atoms with E-state index < -0.39 is 0 Å². The molecule has 1 heterocycles. The van der Waals surface area contributed by atoms with Crippen LogP contribution in [-0.2, 0) is 13.5 Å². The van der Waals surface area contributed by atoms with E-state index in [0.29, 0.717) is 11.8 Å². The Bertz CT molecular complexity index is 374. The second-order valence-electron chi connectivity index (χ2n) is 6.69.